The molecule has 0 aromatic heterocycles. The van der Waals surface area contributed by atoms with E-state index in [9.17, 15) is 4.79 Å². The lowest BCUT2D eigenvalue weighted by Gasteiger charge is -2.06. The highest BCUT2D eigenvalue weighted by Gasteiger charge is 2.09. The number of benzene rings is 1. The molecule has 0 aliphatic rings. The summed E-state index contributed by atoms with van der Waals surface area (Å²) in [4.78, 5) is 12.1. The number of carbonyl (C=O) groups excluding carboxylic acids is 1. The van der Waals surface area contributed by atoms with Crippen LogP contribution in [0, 0.1) is 11.3 Å². The van der Waals surface area contributed by atoms with Gasteiger partial charge in [0.05, 0.1) is 24.1 Å². The lowest BCUT2D eigenvalue weighted by Crippen LogP contribution is -2.13. The number of nitrogens with one attached hydrogen (secondary N) is 1. The van der Waals surface area contributed by atoms with Gasteiger partial charge in [-0.2, -0.15) is 10.4 Å². The average Bonchev–Trinajstić information content (AvgIpc) is 2.43. The molecule has 0 aliphatic carbocycles. The van der Waals surface area contributed by atoms with Crippen molar-refractivity contribution in [2.45, 2.75) is 11.8 Å². The van der Waals surface area contributed by atoms with Gasteiger partial charge in [-0.25, -0.2) is 4.79 Å². The first-order chi connectivity index (χ1) is 9.19. The Morgan fingerprint density at radius 3 is 3.00 bits per heavy atom. The highest BCUT2D eigenvalue weighted by Crippen LogP contribution is 2.26. The summed E-state index contributed by atoms with van der Waals surface area (Å²) in [6, 6.07) is 9.32. The summed E-state index contributed by atoms with van der Waals surface area (Å²) in [5, 5.41) is 12.0. The molecule has 1 rings (SSSR count). The number of carbonyl (C=O) groups is 1. The normalized spacial score (nSPS) is 10.7. The third-order valence-electron chi connectivity index (χ3n) is 1.90. The van der Waals surface area contributed by atoms with Crippen LogP contribution in [-0.2, 0) is 9.53 Å². The van der Waals surface area contributed by atoms with Crippen LogP contribution in [0.5, 0.6) is 0 Å². The first-order valence-corrected chi connectivity index (χ1v) is 6.80. The number of thioether (sulfide) groups is 1. The van der Waals surface area contributed by atoms with Gasteiger partial charge in [-0.05, 0) is 19.1 Å². The molecule has 0 saturated heterocycles. The molecule has 1 aromatic carbocycles. The third-order valence-corrected chi connectivity index (χ3v) is 3.08. The topological polar surface area (TPSA) is 74.5 Å². The Bertz CT molecular complexity index is 514. The molecule has 0 amide bonds. The van der Waals surface area contributed by atoms with Gasteiger partial charge in [0.25, 0.3) is 0 Å². The number of anilines is 1. The molecule has 0 spiro atoms. The zero-order valence-electron chi connectivity index (χ0n) is 10.2. The fourth-order valence-corrected chi connectivity index (χ4v) is 1.90. The van der Waals surface area contributed by atoms with Crippen LogP contribution in [0.15, 0.2) is 34.3 Å². The molecule has 0 fully saturated rings. The minimum atomic E-state index is -0.682. The van der Waals surface area contributed by atoms with Crippen LogP contribution in [0.4, 0.5) is 5.69 Å². The fourth-order valence-electron chi connectivity index (χ4n) is 1.14. The van der Waals surface area contributed by atoms with Crippen molar-refractivity contribution in [3.8, 4) is 6.07 Å². The van der Waals surface area contributed by atoms with E-state index in [1.165, 1.54) is 11.8 Å². The molecule has 0 bridgehead atoms. The summed E-state index contributed by atoms with van der Waals surface area (Å²) in [5.74, 6) is -0.354. The van der Waals surface area contributed by atoms with E-state index in [-0.39, 0.29) is 11.8 Å². The Morgan fingerprint density at radius 2 is 2.32 bits per heavy atom. The number of ether oxygens (including phenoxy) is 1. The average molecular weight is 298 g/mol. The van der Waals surface area contributed by atoms with Crippen molar-refractivity contribution in [2.75, 3.05) is 17.8 Å². The Labute approximate surface area is 120 Å². The number of rotatable bonds is 6. The first-order valence-electron chi connectivity index (χ1n) is 5.44. The molecular formula is C12H12ClN3O2S. The lowest BCUT2D eigenvalue weighted by molar-refractivity contribution is -0.134. The van der Waals surface area contributed by atoms with E-state index < -0.39 is 5.97 Å². The molecule has 0 saturated carbocycles. The van der Waals surface area contributed by atoms with Crippen LogP contribution < -0.4 is 5.43 Å². The fraction of sp³-hybridized carbons (Fsp3) is 0.250. The van der Waals surface area contributed by atoms with Gasteiger partial charge in [0, 0.05) is 4.90 Å². The van der Waals surface area contributed by atoms with Gasteiger partial charge in [-0.1, -0.05) is 23.7 Å². The summed E-state index contributed by atoms with van der Waals surface area (Å²) in [6.07, 6.45) is 0. The van der Waals surface area contributed by atoms with Crippen molar-refractivity contribution in [3.63, 3.8) is 0 Å². The Morgan fingerprint density at radius 1 is 1.58 bits per heavy atom. The monoisotopic (exact) mass is 297 g/mol. The van der Waals surface area contributed by atoms with Gasteiger partial charge in [-0.15, -0.1) is 11.8 Å². The van der Waals surface area contributed by atoms with Crippen LogP contribution in [-0.4, -0.2) is 23.5 Å². The van der Waals surface area contributed by atoms with E-state index in [1.807, 2.05) is 24.3 Å². The molecule has 0 radical (unpaired) electrons. The predicted molar refractivity (Wildman–Crippen MR) is 76.3 cm³/mol. The Kier molecular flexibility index (Phi) is 6.79. The highest BCUT2D eigenvalue weighted by molar-refractivity contribution is 7.99. The molecular weight excluding hydrogens is 286 g/mol. The minimum absolute atomic E-state index is 0.235. The van der Waals surface area contributed by atoms with Crippen LogP contribution in [0.3, 0.4) is 0 Å². The number of hydrazone groups is 1. The molecule has 19 heavy (non-hydrogen) atoms. The van der Waals surface area contributed by atoms with Gasteiger partial charge in [0.15, 0.2) is 0 Å². The maximum absolute atomic E-state index is 11.2. The number of halogens is 1. The van der Waals surface area contributed by atoms with Crippen molar-refractivity contribution < 1.29 is 9.53 Å². The zero-order valence-corrected chi connectivity index (χ0v) is 11.8. The summed E-state index contributed by atoms with van der Waals surface area (Å²) >= 11 is 7.04. The zero-order chi connectivity index (χ0) is 14.1. The van der Waals surface area contributed by atoms with Crippen LogP contribution >= 0.6 is 23.4 Å². The van der Waals surface area contributed by atoms with Gasteiger partial charge in [-0.3, -0.25) is 5.43 Å². The van der Waals surface area contributed by atoms with Crippen molar-refractivity contribution >= 4 is 40.2 Å². The molecule has 1 N–H and O–H groups in total. The van der Waals surface area contributed by atoms with Gasteiger partial charge in [0.2, 0.25) is 5.17 Å². The number of esters is 1. The second-order valence-electron chi connectivity index (χ2n) is 3.18. The second-order valence-corrected chi connectivity index (χ2v) is 4.55. The molecule has 0 aliphatic heterocycles. The quantitative estimate of drug-likeness (QED) is 0.378. The number of hydrogen-bond acceptors (Lipinski definition) is 6. The molecule has 5 nitrogen and oxygen atoms in total. The van der Waals surface area contributed by atoms with Crippen LogP contribution in [0.25, 0.3) is 0 Å². The summed E-state index contributed by atoms with van der Waals surface area (Å²) < 4.78 is 4.70. The van der Waals surface area contributed by atoms with E-state index in [2.05, 4.69) is 10.5 Å². The van der Waals surface area contributed by atoms with E-state index in [1.54, 1.807) is 13.0 Å². The summed E-state index contributed by atoms with van der Waals surface area (Å²) in [5.41, 5.74) is 3.36. The van der Waals surface area contributed by atoms with Crippen molar-refractivity contribution in [2.24, 2.45) is 5.10 Å². The van der Waals surface area contributed by atoms with E-state index in [0.717, 1.165) is 4.90 Å². The highest BCUT2D eigenvalue weighted by atomic mass is 35.5. The van der Waals surface area contributed by atoms with E-state index in [0.29, 0.717) is 11.4 Å². The predicted octanol–water partition coefficient (Wildman–Crippen LogP) is 2.83. The maximum atomic E-state index is 11.2. The number of para-hydroxylation sites is 1. The number of hydrogen-bond donors (Lipinski definition) is 1. The number of nitriles is 1. The van der Waals surface area contributed by atoms with Crippen LogP contribution in [0.1, 0.15) is 6.92 Å². The van der Waals surface area contributed by atoms with Crippen LogP contribution in [0.2, 0.25) is 0 Å². The number of nitrogens with zero attached hydrogens (tertiary/aromatic N) is 2. The van der Waals surface area contributed by atoms with Gasteiger partial charge >= 0.3 is 5.97 Å². The summed E-state index contributed by atoms with van der Waals surface area (Å²) in [6.45, 7) is 1.92. The molecule has 7 heteroatoms. The molecule has 0 atom stereocenters. The third kappa shape index (κ3) is 5.20. The van der Waals surface area contributed by atoms with Crippen molar-refractivity contribution in [1.29, 1.82) is 5.26 Å². The van der Waals surface area contributed by atoms with Gasteiger partial charge in [0.1, 0.15) is 0 Å². The van der Waals surface area contributed by atoms with E-state index >= 15 is 0 Å². The summed E-state index contributed by atoms with van der Waals surface area (Å²) in [7, 11) is 0. The Hall–Kier alpha value is -1.71. The molecule has 0 heterocycles. The minimum Gasteiger partial charge on any atom is -0.461 e. The first kappa shape index (κ1) is 15.3. The molecule has 0 unspecified atom stereocenters. The largest absolute Gasteiger partial charge is 0.461 e. The standard InChI is InChI=1S/C12H12ClN3O2S/c1-2-18-12(17)11(13)16-15-9-5-3-4-6-10(9)19-8-7-14/h3-6,15H,2,8H2,1H3/b16-11+. The molecule has 100 valence electrons. The Balaban J connectivity index is 2.74. The van der Waals surface area contributed by atoms with E-state index in [4.69, 9.17) is 21.6 Å². The SMILES string of the molecule is CCOC(=O)/C(Cl)=N\Nc1ccccc1SCC#N. The maximum Gasteiger partial charge on any atom is 0.370 e. The smallest absolute Gasteiger partial charge is 0.370 e. The van der Waals surface area contributed by atoms with Crippen molar-refractivity contribution in [3.05, 3.63) is 24.3 Å². The lowest BCUT2D eigenvalue weighted by atomic mass is 10.3. The van der Waals surface area contributed by atoms with Gasteiger partial charge < -0.3 is 4.74 Å². The molecule has 1 aromatic rings. The second kappa shape index (κ2) is 8.40. The van der Waals surface area contributed by atoms with Crippen molar-refractivity contribution in [1.82, 2.24) is 0 Å².